The Bertz CT molecular complexity index is 1310. The summed E-state index contributed by atoms with van der Waals surface area (Å²) in [6.07, 6.45) is 3.80. The van der Waals surface area contributed by atoms with Gasteiger partial charge in [-0.1, -0.05) is 30.3 Å². The van der Waals surface area contributed by atoms with Crippen LogP contribution in [0.3, 0.4) is 0 Å². The first kappa shape index (κ1) is 23.8. The fourth-order valence-corrected chi connectivity index (χ4v) is 4.75. The van der Waals surface area contributed by atoms with Gasteiger partial charge in [0, 0.05) is 43.4 Å². The van der Waals surface area contributed by atoms with Crippen molar-refractivity contribution in [1.29, 1.82) is 0 Å². The number of hydrogen-bond donors (Lipinski definition) is 1. The number of amidine groups is 1. The zero-order valence-corrected chi connectivity index (χ0v) is 20.6. The minimum atomic E-state index is -0.0943. The van der Waals surface area contributed by atoms with Gasteiger partial charge in [-0.3, -0.25) is 14.5 Å². The Morgan fingerprint density at radius 2 is 1.97 bits per heavy atom. The number of amides is 2. The van der Waals surface area contributed by atoms with Crippen molar-refractivity contribution < 1.29 is 14.3 Å². The molecule has 0 saturated carbocycles. The van der Waals surface area contributed by atoms with Crippen LogP contribution in [0.25, 0.3) is 17.0 Å². The smallest absolute Gasteiger partial charge is 0.266 e. The van der Waals surface area contributed by atoms with Crippen molar-refractivity contribution in [2.45, 2.75) is 20.4 Å². The molecule has 1 saturated heterocycles. The second-order valence-corrected chi connectivity index (χ2v) is 9.17. The number of ether oxygens (including phenoxy) is 1. The number of rotatable bonds is 7. The lowest BCUT2D eigenvalue weighted by atomic mass is 10.1. The van der Waals surface area contributed by atoms with E-state index in [1.165, 1.54) is 11.8 Å². The molecule has 34 heavy (non-hydrogen) atoms. The first-order valence-electron chi connectivity index (χ1n) is 11.0. The van der Waals surface area contributed by atoms with Crippen LogP contribution in [0.4, 0.5) is 5.69 Å². The molecular weight excluding hydrogens is 448 g/mol. The van der Waals surface area contributed by atoms with E-state index in [1.807, 2.05) is 60.2 Å². The Balaban J connectivity index is 1.63. The summed E-state index contributed by atoms with van der Waals surface area (Å²) >= 11 is 1.36. The number of aliphatic imine (C=N–C) groups is 1. The third-order valence-electron chi connectivity index (χ3n) is 5.84. The van der Waals surface area contributed by atoms with Crippen molar-refractivity contribution in [3.05, 3.63) is 70.3 Å². The molecule has 7 nitrogen and oxygen atoms in total. The standard InChI is InChI=1S/C26H28N4O3S/c1-17-8-7-10-21(18(17)2)28-26-29(3)25(32)23(34-26)14-19-15-30(16-24(31)27-12-13-33-4)22-11-6-5-9-20(19)22/h5-11,14-15H,12-13,16H2,1-4H3,(H,27,31)/b23-14-,28-26?. The highest BCUT2D eigenvalue weighted by Gasteiger charge is 2.31. The number of carbonyl (C=O) groups excluding carboxylic acids is 2. The highest BCUT2D eigenvalue weighted by atomic mass is 32.2. The molecule has 0 aliphatic carbocycles. The van der Waals surface area contributed by atoms with Crippen LogP contribution in [0, 0.1) is 13.8 Å². The SMILES string of the molecule is COCCNC(=O)Cn1cc(/C=C2\SC(=Nc3cccc(C)c3C)N(C)C2=O)c2ccccc21. The molecular formula is C26H28N4O3S. The zero-order chi connectivity index (χ0) is 24.2. The topological polar surface area (TPSA) is 75.9 Å². The number of nitrogens with zero attached hydrogens (tertiary/aromatic N) is 3. The quantitative estimate of drug-likeness (QED) is 0.409. The third kappa shape index (κ3) is 4.93. The molecule has 0 bridgehead atoms. The summed E-state index contributed by atoms with van der Waals surface area (Å²) in [5.74, 6) is -0.186. The molecule has 2 amide bonds. The lowest BCUT2D eigenvalue weighted by Gasteiger charge is -2.09. The molecule has 1 N–H and O–H groups in total. The second-order valence-electron chi connectivity index (χ2n) is 8.16. The van der Waals surface area contributed by atoms with E-state index in [9.17, 15) is 9.59 Å². The Labute approximate surface area is 203 Å². The summed E-state index contributed by atoms with van der Waals surface area (Å²) in [6, 6.07) is 13.9. The Morgan fingerprint density at radius 1 is 1.18 bits per heavy atom. The summed E-state index contributed by atoms with van der Waals surface area (Å²) in [4.78, 5) is 32.3. The van der Waals surface area contributed by atoms with Gasteiger partial charge in [0.25, 0.3) is 5.91 Å². The molecule has 1 fully saturated rings. The molecule has 8 heteroatoms. The number of likely N-dealkylation sites (N-methyl/N-ethyl adjacent to an activating group) is 1. The van der Waals surface area contributed by atoms with E-state index >= 15 is 0 Å². The van der Waals surface area contributed by atoms with Gasteiger partial charge in [0.1, 0.15) is 6.54 Å². The summed E-state index contributed by atoms with van der Waals surface area (Å²) in [5, 5.41) is 4.48. The van der Waals surface area contributed by atoms with Gasteiger partial charge in [-0.25, -0.2) is 4.99 Å². The number of benzene rings is 2. The number of fused-ring (bicyclic) bond motifs is 1. The third-order valence-corrected chi connectivity index (χ3v) is 6.90. The summed E-state index contributed by atoms with van der Waals surface area (Å²) in [5.41, 5.74) is 4.94. The number of hydrogen-bond acceptors (Lipinski definition) is 5. The maximum atomic E-state index is 13.0. The maximum absolute atomic E-state index is 13.0. The van der Waals surface area contributed by atoms with Crippen LogP contribution in [0.5, 0.6) is 0 Å². The van der Waals surface area contributed by atoms with Gasteiger partial charge < -0.3 is 14.6 Å². The van der Waals surface area contributed by atoms with Crippen molar-refractivity contribution in [2.24, 2.45) is 4.99 Å². The van der Waals surface area contributed by atoms with E-state index in [0.717, 1.165) is 33.3 Å². The first-order chi connectivity index (χ1) is 16.4. The van der Waals surface area contributed by atoms with Crippen molar-refractivity contribution in [3.8, 4) is 0 Å². The van der Waals surface area contributed by atoms with Gasteiger partial charge in [0.05, 0.1) is 17.2 Å². The van der Waals surface area contributed by atoms with Crippen molar-refractivity contribution >= 4 is 51.4 Å². The van der Waals surface area contributed by atoms with Crippen LogP contribution in [-0.4, -0.2) is 53.8 Å². The van der Waals surface area contributed by atoms with Crippen LogP contribution < -0.4 is 5.32 Å². The number of thioether (sulfide) groups is 1. The van der Waals surface area contributed by atoms with Crippen LogP contribution in [0.1, 0.15) is 16.7 Å². The van der Waals surface area contributed by atoms with Crippen molar-refractivity contribution in [2.75, 3.05) is 27.3 Å². The fraction of sp³-hybridized carbons (Fsp3) is 0.269. The van der Waals surface area contributed by atoms with Crippen LogP contribution in [0.15, 0.2) is 58.6 Å². The van der Waals surface area contributed by atoms with E-state index in [-0.39, 0.29) is 18.4 Å². The average molecular weight is 477 g/mol. The van der Waals surface area contributed by atoms with Crippen LogP contribution in [0.2, 0.25) is 0 Å². The zero-order valence-electron chi connectivity index (χ0n) is 19.8. The first-order valence-corrected chi connectivity index (χ1v) is 11.9. The van der Waals surface area contributed by atoms with Gasteiger partial charge >= 0.3 is 0 Å². The van der Waals surface area contributed by atoms with Gasteiger partial charge in [-0.05, 0) is 54.9 Å². The van der Waals surface area contributed by atoms with Crippen molar-refractivity contribution in [1.82, 2.24) is 14.8 Å². The number of nitrogens with one attached hydrogen (secondary N) is 1. The van der Waals surface area contributed by atoms with Crippen LogP contribution in [-0.2, 0) is 20.9 Å². The number of methoxy groups -OCH3 is 1. The molecule has 0 spiro atoms. The lowest BCUT2D eigenvalue weighted by molar-refractivity contribution is -0.122. The van der Waals surface area contributed by atoms with E-state index in [1.54, 1.807) is 19.1 Å². The van der Waals surface area contributed by atoms with Gasteiger partial charge in [-0.15, -0.1) is 0 Å². The molecule has 4 rings (SSSR count). The molecule has 2 heterocycles. The minimum Gasteiger partial charge on any atom is -0.383 e. The molecule has 0 atom stereocenters. The van der Waals surface area contributed by atoms with Crippen LogP contribution >= 0.6 is 11.8 Å². The molecule has 1 aromatic heterocycles. The number of para-hydroxylation sites is 1. The number of aryl methyl sites for hydroxylation is 1. The van der Waals surface area contributed by atoms with E-state index < -0.39 is 0 Å². The van der Waals surface area contributed by atoms with Gasteiger partial charge in [-0.2, -0.15) is 0 Å². The molecule has 3 aromatic rings. The van der Waals surface area contributed by atoms with E-state index in [0.29, 0.717) is 23.2 Å². The maximum Gasteiger partial charge on any atom is 0.266 e. The van der Waals surface area contributed by atoms with E-state index in [2.05, 4.69) is 18.3 Å². The normalized spacial score (nSPS) is 16.2. The molecule has 1 aliphatic heterocycles. The minimum absolute atomic E-state index is 0.0917. The largest absolute Gasteiger partial charge is 0.383 e. The Morgan fingerprint density at radius 3 is 2.76 bits per heavy atom. The predicted octanol–water partition coefficient (Wildman–Crippen LogP) is 4.25. The Hall–Kier alpha value is -3.36. The second kappa shape index (κ2) is 10.3. The number of aromatic nitrogens is 1. The monoisotopic (exact) mass is 476 g/mol. The summed E-state index contributed by atoms with van der Waals surface area (Å²) < 4.78 is 6.90. The molecule has 176 valence electrons. The molecule has 0 radical (unpaired) electrons. The highest BCUT2D eigenvalue weighted by molar-refractivity contribution is 8.18. The number of carbonyl (C=O) groups is 2. The average Bonchev–Trinajstić information content (AvgIpc) is 3.29. The van der Waals surface area contributed by atoms with Gasteiger partial charge in [0.2, 0.25) is 5.91 Å². The van der Waals surface area contributed by atoms with E-state index in [4.69, 9.17) is 9.73 Å². The molecule has 0 unspecified atom stereocenters. The Kier molecular flexibility index (Phi) is 7.19. The van der Waals surface area contributed by atoms with Crippen molar-refractivity contribution in [3.63, 3.8) is 0 Å². The molecule has 2 aromatic carbocycles. The highest BCUT2D eigenvalue weighted by Crippen LogP contribution is 2.35. The summed E-state index contributed by atoms with van der Waals surface area (Å²) in [6.45, 7) is 5.20. The fourth-order valence-electron chi connectivity index (χ4n) is 3.78. The predicted molar refractivity (Wildman–Crippen MR) is 138 cm³/mol. The molecule has 1 aliphatic rings. The lowest BCUT2D eigenvalue weighted by Crippen LogP contribution is -2.30. The van der Waals surface area contributed by atoms with Gasteiger partial charge in [0.15, 0.2) is 5.17 Å². The summed E-state index contributed by atoms with van der Waals surface area (Å²) in [7, 11) is 3.34.